The molecule has 2 aliphatic heterocycles. The second-order valence-corrected chi connectivity index (χ2v) is 7.41. The number of hydrogen-bond acceptors (Lipinski definition) is 5. The van der Waals surface area contributed by atoms with Crippen LogP contribution in [0.4, 0.5) is 11.5 Å². The van der Waals surface area contributed by atoms with Gasteiger partial charge >= 0.3 is 11.2 Å². The first kappa shape index (κ1) is 19.0. The van der Waals surface area contributed by atoms with Crippen LogP contribution in [0.1, 0.15) is 44.9 Å². The number of H-pyrrole nitrogens is 1. The van der Waals surface area contributed by atoms with Crippen LogP contribution in [0, 0.1) is 0 Å². The number of aromatic nitrogens is 2. The molecule has 144 valence electrons. The molecule has 0 amide bonds. The standard InChI is InChI=1S/C18H28N4O4/c1-21-16-15(17(23)20-18(21)24)22(2,12-19-16)10-8-6-4-3-5-7-9-14-11-25-13-26-14/h12,14H,3-11,13H2,1-2H3/p+1. The van der Waals surface area contributed by atoms with E-state index in [1.54, 1.807) is 13.4 Å². The number of nitrogens with one attached hydrogen (secondary N) is 1. The Morgan fingerprint density at radius 2 is 1.96 bits per heavy atom. The lowest BCUT2D eigenvalue weighted by Crippen LogP contribution is -2.47. The molecule has 3 heterocycles. The van der Waals surface area contributed by atoms with Gasteiger partial charge in [0.25, 0.3) is 0 Å². The number of nitrogens with zero attached hydrogens (tertiary/aromatic N) is 3. The van der Waals surface area contributed by atoms with Crippen LogP contribution >= 0.6 is 0 Å². The van der Waals surface area contributed by atoms with Gasteiger partial charge in [-0.25, -0.2) is 9.28 Å². The Morgan fingerprint density at radius 1 is 1.23 bits per heavy atom. The smallest absolute Gasteiger partial charge is 0.330 e. The van der Waals surface area contributed by atoms with Gasteiger partial charge in [0.05, 0.1) is 26.3 Å². The third-order valence-electron chi connectivity index (χ3n) is 5.30. The summed E-state index contributed by atoms with van der Waals surface area (Å²) in [5, 5.41) is 0. The average molecular weight is 365 g/mol. The van der Waals surface area contributed by atoms with Crippen molar-refractivity contribution in [2.45, 2.75) is 51.0 Å². The summed E-state index contributed by atoms with van der Waals surface area (Å²) in [6.45, 7) is 2.00. The first-order valence-corrected chi connectivity index (χ1v) is 9.45. The molecule has 2 aliphatic rings. The minimum Gasteiger partial charge on any atom is -0.353 e. The molecule has 8 heteroatoms. The minimum atomic E-state index is -0.422. The van der Waals surface area contributed by atoms with Crippen LogP contribution in [0.15, 0.2) is 14.6 Å². The SMILES string of the molecule is Cn1c2c(c(=O)[nH]c1=O)[N+](C)(CCCCCCCCC1COCO1)C=N2. The molecule has 0 bridgehead atoms. The molecule has 1 aromatic rings. The second kappa shape index (κ2) is 8.28. The molecular formula is C18H29N4O4+. The van der Waals surface area contributed by atoms with Gasteiger partial charge in [-0.15, -0.1) is 0 Å². The lowest BCUT2D eigenvalue weighted by Gasteiger charge is -2.24. The van der Waals surface area contributed by atoms with E-state index in [-0.39, 0.29) is 5.56 Å². The maximum absolute atomic E-state index is 12.2. The van der Waals surface area contributed by atoms with Crippen molar-refractivity contribution in [1.82, 2.24) is 14.0 Å². The highest BCUT2D eigenvalue weighted by atomic mass is 16.7. The van der Waals surface area contributed by atoms with E-state index in [0.29, 0.717) is 28.9 Å². The van der Waals surface area contributed by atoms with Crippen molar-refractivity contribution in [2.75, 3.05) is 27.0 Å². The lowest BCUT2D eigenvalue weighted by atomic mass is 10.1. The summed E-state index contributed by atoms with van der Waals surface area (Å²) in [6.07, 6.45) is 10.1. The second-order valence-electron chi connectivity index (χ2n) is 7.41. The first-order chi connectivity index (χ1) is 12.5. The van der Waals surface area contributed by atoms with E-state index in [0.717, 1.165) is 32.4 Å². The number of rotatable bonds is 9. The van der Waals surface area contributed by atoms with Crippen molar-refractivity contribution < 1.29 is 9.47 Å². The van der Waals surface area contributed by atoms with Gasteiger partial charge in [0, 0.05) is 7.05 Å². The molecule has 26 heavy (non-hydrogen) atoms. The molecule has 1 saturated heterocycles. The highest BCUT2D eigenvalue weighted by molar-refractivity contribution is 5.86. The number of unbranched alkanes of at least 4 members (excludes halogenated alkanes) is 5. The average Bonchev–Trinajstić information content (AvgIpc) is 3.23. The fraction of sp³-hybridized carbons (Fsp3) is 0.722. The van der Waals surface area contributed by atoms with Crippen molar-refractivity contribution in [3.05, 3.63) is 20.8 Å². The van der Waals surface area contributed by atoms with E-state index in [4.69, 9.17) is 9.47 Å². The van der Waals surface area contributed by atoms with Gasteiger partial charge in [0.2, 0.25) is 11.5 Å². The van der Waals surface area contributed by atoms with E-state index < -0.39 is 5.69 Å². The van der Waals surface area contributed by atoms with Gasteiger partial charge in [-0.3, -0.25) is 14.3 Å². The van der Waals surface area contributed by atoms with E-state index in [9.17, 15) is 9.59 Å². The molecule has 0 saturated carbocycles. The Balaban J connectivity index is 1.39. The fourth-order valence-corrected chi connectivity index (χ4v) is 3.67. The summed E-state index contributed by atoms with van der Waals surface area (Å²) < 4.78 is 12.4. The van der Waals surface area contributed by atoms with Crippen LogP contribution in [0.2, 0.25) is 0 Å². The molecule has 3 rings (SSSR count). The van der Waals surface area contributed by atoms with Gasteiger partial charge < -0.3 is 9.47 Å². The lowest BCUT2D eigenvalue weighted by molar-refractivity contribution is 0.0440. The summed E-state index contributed by atoms with van der Waals surface area (Å²) >= 11 is 0. The Morgan fingerprint density at radius 3 is 2.69 bits per heavy atom. The summed E-state index contributed by atoms with van der Waals surface area (Å²) in [7, 11) is 3.60. The molecular weight excluding hydrogens is 336 g/mol. The first-order valence-electron chi connectivity index (χ1n) is 9.45. The predicted molar refractivity (Wildman–Crippen MR) is 101 cm³/mol. The van der Waals surface area contributed by atoms with Crippen molar-refractivity contribution in [2.24, 2.45) is 12.0 Å². The zero-order valence-electron chi connectivity index (χ0n) is 15.7. The van der Waals surface area contributed by atoms with Crippen molar-refractivity contribution in [3.8, 4) is 0 Å². The van der Waals surface area contributed by atoms with Crippen LogP contribution < -0.4 is 15.7 Å². The van der Waals surface area contributed by atoms with Crippen molar-refractivity contribution in [3.63, 3.8) is 0 Å². The summed E-state index contributed by atoms with van der Waals surface area (Å²) in [5.41, 5.74) is -0.194. The van der Waals surface area contributed by atoms with Gasteiger partial charge in [-0.05, 0) is 19.3 Å². The quantitative estimate of drug-likeness (QED) is 0.534. The number of fused-ring (bicyclic) bond motifs is 1. The van der Waals surface area contributed by atoms with E-state index in [1.165, 1.54) is 30.3 Å². The summed E-state index contributed by atoms with van der Waals surface area (Å²) in [4.78, 5) is 30.6. The Labute approximate surface area is 153 Å². The van der Waals surface area contributed by atoms with Crippen LogP contribution in [0.25, 0.3) is 0 Å². The highest BCUT2D eigenvalue weighted by Crippen LogP contribution is 2.31. The number of hydrogen-bond donors (Lipinski definition) is 1. The van der Waals surface area contributed by atoms with Gasteiger partial charge in [-0.1, -0.05) is 25.7 Å². The number of quaternary nitrogens is 1. The van der Waals surface area contributed by atoms with Crippen LogP contribution in [-0.2, 0) is 16.5 Å². The Kier molecular flexibility index (Phi) is 6.05. The largest absolute Gasteiger partial charge is 0.353 e. The minimum absolute atomic E-state index is 0.294. The van der Waals surface area contributed by atoms with Gasteiger partial charge in [0.15, 0.2) is 6.34 Å². The summed E-state index contributed by atoms with van der Waals surface area (Å²) in [6, 6.07) is 0. The summed E-state index contributed by atoms with van der Waals surface area (Å²) in [5.74, 6) is 0.472. The zero-order valence-corrected chi connectivity index (χ0v) is 15.7. The van der Waals surface area contributed by atoms with Crippen LogP contribution in [-0.4, -0.2) is 49.0 Å². The maximum Gasteiger partial charge on any atom is 0.330 e. The van der Waals surface area contributed by atoms with Crippen molar-refractivity contribution in [1.29, 1.82) is 0 Å². The molecule has 0 spiro atoms. The Hall–Kier alpha value is -1.77. The molecule has 1 N–H and O–H groups in total. The van der Waals surface area contributed by atoms with Gasteiger partial charge in [0.1, 0.15) is 6.79 Å². The van der Waals surface area contributed by atoms with Crippen LogP contribution in [0.3, 0.4) is 0 Å². The van der Waals surface area contributed by atoms with Crippen molar-refractivity contribution >= 4 is 17.8 Å². The number of aliphatic imine (C=N–C) groups is 1. The van der Waals surface area contributed by atoms with E-state index in [2.05, 4.69) is 9.98 Å². The third-order valence-corrected chi connectivity index (χ3v) is 5.30. The third kappa shape index (κ3) is 4.13. The number of aromatic amines is 1. The molecule has 0 radical (unpaired) electrons. The maximum atomic E-state index is 12.2. The van der Waals surface area contributed by atoms with E-state index in [1.807, 2.05) is 7.05 Å². The van der Waals surface area contributed by atoms with Crippen LogP contribution in [0.5, 0.6) is 0 Å². The molecule has 8 nitrogen and oxygen atoms in total. The van der Waals surface area contributed by atoms with Gasteiger partial charge in [-0.2, -0.15) is 4.99 Å². The highest BCUT2D eigenvalue weighted by Gasteiger charge is 2.36. The molecule has 2 atom stereocenters. The normalized spacial score (nSPS) is 24.3. The topological polar surface area (TPSA) is 85.7 Å². The predicted octanol–water partition coefficient (Wildman–Crippen LogP) is 1.79. The molecule has 1 aromatic heterocycles. The monoisotopic (exact) mass is 365 g/mol. The molecule has 0 aliphatic carbocycles. The Bertz CT molecular complexity index is 763. The van der Waals surface area contributed by atoms with E-state index >= 15 is 0 Å². The fourth-order valence-electron chi connectivity index (χ4n) is 3.67. The molecule has 1 fully saturated rings. The molecule has 2 unspecified atom stereocenters. The molecule has 0 aromatic carbocycles. The zero-order chi connectivity index (χ0) is 18.6. The number of ether oxygens (including phenoxy) is 2.